The van der Waals surface area contributed by atoms with Crippen molar-refractivity contribution in [3.05, 3.63) is 41.4 Å². The molecule has 1 aromatic rings. The Morgan fingerprint density at radius 1 is 1.50 bits per heavy atom. The van der Waals surface area contributed by atoms with Gasteiger partial charge in [-0.3, -0.25) is 0 Å². The normalized spacial score (nSPS) is 11.4. The van der Waals surface area contributed by atoms with Crippen molar-refractivity contribution >= 4 is 29.3 Å². The van der Waals surface area contributed by atoms with E-state index in [9.17, 15) is 9.59 Å². The summed E-state index contributed by atoms with van der Waals surface area (Å²) < 4.78 is 0. The number of amides is 2. The Hall–Kier alpha value is -2.01. The number of carbonyl (C=O) groups is 2. The molecule has 1 rings (SSSR count). The largest absolute Gasteiger partial charge is 0.478 e. The Labute approximate surface area is 109 Å². The van der Waals surface area contributed by atoms with Crippen molar-refractivity contribution in [2.45, 2.75) is 13.0 Å². The van der Waals surface area contributed by atoms with Gasteiger partial charge in [0.1, 0.15) is 0 Å². The Morgan fingerprint density at radius 2 is 2.17 bits per heavy atom. The minimum absolute atomic E-state index is 0.0120. The number of urea groups is 1. The molecule has 0 heterocycles. The summed E-state index contributed by atoms with van der Waals surface area (Å²) in [5, 5.41) is 14.0. The molecule has 1 unspecified atom stereocenters. The highest BCUT2D eigenvalue weighted by atomic mass is 35.5. The lowest BCUT2D eigenvalue weighted by molar-refractivity contribution is 0.0697. The summed E-state index contributed by atoms with van der Waals surface area (Å²) in [6.45, 7) is 5.31. The van der Waals surface area contributed by atoms with E-state index in [0.29, 0.717) is 5.69 Å². The van der Waals surface area contributed by atoms with E-state index in [1.54, 1.807) is 13.0 Å². The topological polar surface area (TPSA) is 78.4 Å². The lowest BCUT2D eigenvalue weighted by atomic mass is 10.2. The molecule has 5 nitrogen and oxygen atoms in total. The molecule has 1 aromatic carbocycles. The van der Waals surface area contributed by atoms with Gasteiger partial charge in [-0.05, 0) is 25.1 Å². The standard InChI is InChI=1S/C12H13ClN2O3/c1-3-7(2)14-12(18)15-8-4-5-9(11(16)17)10(13)6-8/h3-7H,1H2,2H3,(H,16,17)(H2,14,15,18). The lowest BCUT2D eigenvalue weighted by Gasteiger charge is -2.11. The number of aromatic carboxylic acids is 1. The van der Waals surface area contributed by atoms with Crippen LogP contribution in [0.25, 0.3) is 0 Å². The highest BCUT2D eigenvalue weighted by Crippen LogP contribution is 2.20. The third kappa shape index (κ3) is 3.78. The van der Waals surface area contributed by atoms with E-state index in [4.69, 9.17) is 16.7 Å². The summed E-state index contributed by atoms with van der Waals surface area (Å²) in [5.74, 6) is -1.11. The number of carbonyl (C=O) groups excluding carboxylic acids is 1. The molecule has 0 bridgehead atoms. The van der Waals surface area contributed by atoms with Crippen LogP contribution in [0.1, 0.15) is 17.3 Å². The van der Waals surface area contributed by atoms with Crippen LogP contribution in [-0.4, -0.2) is 23.1 Å². The number of anilines is 1. The Balaban J connectivity index is 2.74. The average molecular weight is 269 g/mol. The first-order chi connectivity index (χ1) is 8.43. The quantitative estimate of drug-likeness (QED) is 0.735. The summed E-state index contributed by atoms with van der Waals surface area (Å²) in [6, 6.07) is 3.59. The molecule has 0 radical (unpaired) electrons. The molecule has 0 aliphatic heterocycles. The van der Waals surface area contributed by atoms with Gasteiger partial charge < -0.3 is 15.7 Å². The maximum atomic E-state index is 11.5. The molecule has 0 saturated heterocycles. The molecule has 1 atom stereocenters. The van der Waals surface area contributed by atoms with Gasteiger partial charge in [0.2, 0.25) is 0 Å². The SMILES string of the molecule is C=CC(C)NC(=O)Nc1ccc(C(=O)O)c(Cl)c1. The third-order valence-corrected chi connectivity index (χ3v) is 2.48. The molecule has 0 saturated carbocycles. The summed E-state index contributed by atoms with van der Waals surface area (Å²) in [6.07, 6.45) is 1.58. The van der Waals surface area contributed by atoms with Gasteiger partial charge >= 0.3 is 12.0 Å². The van der Waals surface area contributed by atoms with Crippen LogP contribution in [0.3, 0.4) is 0 Å². The van der Waals surface area contributed by atoms with Crippen molar-refractivity contribution in [3.63, 3.8) is 0 Å². The van der Waals surface area contributed by atoms with Crippen molar-refractivity contribution in [2.24, 2.45) is 0 Å². The second kappa shape index (κ2) is 6.07. The van der Waals surface area contributed by atoms with E-state index in [1.165, 1.54) is 18.2 Å². The number of carboxylic acids is 1. The van der Waals surface area contributed by atoms with Gasteiger partial charge in [0.15, 0.2) is 0 Å². The average Bonchev–Trinajstić information content (AvgIpc) is 2.28. The van der Waals surface area contributed by atoms with Crippen LogP contribution in [0.4, 0.5) is 10.5 Å². The second-order valence-corrected chi connectivity index (χ2v) is 4.03. The molecular weight excluding hydrogens is 256 g/mol. The number of nitrogens with one attached hydrogen (secondary N) is 2. The van der Waals surface area contributed by atoms with E-state index in [-0.39, 0.29) is 16.6 Å². The van der Waals surface area contributed by atoms with Crippen molar-refractivity contribution in [1.29, 1.82) is 0 Å². The number of hydrogen-bond acceptors (Lipinski definition) is 2. The first-order valence-electron chi connectivity index (χ1n) is 5.17. The summed E-state index contributed by atoms with van der Waals surface area (Å²) in [4.78, 5) is 22.2. The van der Waals surface area contributed by atoms with Gasteiger partial charge in [-0.25, -0.2) is 9.59 Å². The second-order valence-electron chi connectivity index (χ2n) is 3.62. The minimum Gasteiger partial charge on any atom is -0.478 e. The van der Waals surface area contributed by atoms with Gasteiger partial charge in [-0.15, -0.1) is 6.58 Å². The molecular formula is C12H13ClN2O3. The van der Waals surface area contributed by atoms with E-state index in [1.807, 2.05) is 0 Å². The monoisotopic (exact) mass is 268 g/mol. The number of benzene rings is 1. The fraction of sp³-hybridized carbons (Fsp3) is 0.167. The molecule has 18 heavy (non-hydrogen) atoms. The molecule has 0 aromatic heterocycles. The fourth-order valence-corrected chi connectivity index (χ4v) is 1.46. The predicted molar refractivity (Wildman–Crippen MR) is 70.2 cm³/mol. The minimum atomic E-state index is -1.11. The van der Waals surface area contributed by atoms with Crippen LogP contribution in [0.2, 0.25) is 5.02 Å². The van der Waals surface area contributed by atoms with E-state index in [2.05, 4.69) is 17.2 Å². The van der Waals surface area contributed by atoms with Crippen molar-refractivity contribution in [2.75, 3.05) is 5.32 Å². The molecule has 3 N–H and O–H groups in total. The molecule has 0 aliphatic rings. The fourth-order valence-electron chi connectivity index (χ4n) is 1.20. The van der Waals surface area contributed by atoms with Crippen LogP contribution in [0, 0.1) is 0 Å². The zero-order valence-electron chi connectivity index (χ0n) is 9.74. The Bertz CT molecular complexity index is 488. The first kappa shape index (κ1) is 14.1. The number of halogens is 1. The Morgan fingerprint density at radius 3 is 2.67 bits per heavy atom. The van der Waals surface area contributed by atoms with Crippen LogP contribution in [0.5, 0.6) is 0 Å². The first-order valence-corrected chi connectivity index (χ1v) is 5.54. The zero-order valence-corrected chi connectivity index (χ0v) is 10.5. The molecule has 2 amide bonds. The lowest BCUT2D eigenvalue weighted by Crippen LogP contribution is -2.34. The molecule has 6 heteroatoms. The van der Waals surface area contributed by atoms with Crippen LogP contribution in [-0.2, 0) is 0 Å². The number of rotatable bonds is 4. The van der Waals surface area contributed by atoms with Gasteiger partial charge in [0.05, 0.1) is 10.6 Å². The number of hydrogen-bond donors (Lipinski definition) is 3. The Kier molecular flexibility index (Phi) is 4.74. The maximum Gasteiger partial charge on any atom is 0.337 e. The summed E-state index contributed by atoms with van der Waals surface area (Å²) >= 11 is 5.77. The van der Waals surface area contributed by atoms with Crippen LogP contribution >= 0.6 is 11.6 Å². The van der Waals surface area contributed by atoms with Gasteiger partial charge in [0, 0.05) is 11.7 Å². The zero-order chi connectivity index (χ0) is 13.7. The van der Waals surface area contributed by atoms with E-state index < -0.39 is 12.0 Å². The maximum absolute atomic E-state index is 11.5. The van der Waals surface area contributed by atoms with Crippen molar-refractivity contribution < 1.29 is 14.7 Å². The van der Waals surface area contributed by atoms with Crippen molar-refractivity contribution in [3.8, 4) is 0 Å². The summed E-state index contributed by atoms with van der Waals surface area (Å²) in [5.41, 5.74) is 0.404. The smallest absolute Gasteiger partial charge is 0.337 e. The summed E-state index contributed by atoms with van der Waals surface area (Å²) in [7, 11) is 0. The highest BCUT2D eigenvalue weighted by Gasteiger charge is 2.10. The molecule has 0 aliphatic carbocycles. The highest BCUT2D eigenvalue weighted by molar-refractivity contribution is 6.33. The molecule has 96 valence electrons. The van der Waals surface area contributed by atoms with E-state index >= 15 is 0 Å². The predicted octanol–water partition coefficient (Wildman–Crippen LogP) is 2.73. The molecule has 0 fully saturated rings. The van der Waals surface area contributed by atoms with Crippen LogP contribution in [0.15, 0.2) is 30.9 Å². The van der Waals surface area contributed by atoms with Crippen molar-refractivity contribution in [1.82, 2.24) is 5.32 Å². The molecule has 0 spiro atoms. The third-order valence-electron chi connectivity index (χ3n) is 2.17. The van der Waals surface area contributed by atoms with Gasteiger partial charge in [0.25, 0.3) is 0 Å². The van der Waals surface area contributed by atoms with Gasteiger partial charge in [-0.1, -0.05) is 17.7 Å². The van der Waals surface area contributed by atoms with E-state index in [0.717, 1.165) is 0 Å². The van der Waals surface area contributed by atoms with Crippen LogP contribution < -0.4 is 10.6 Å². The van der Waals surface area contributed by atoms with Gasteiger partial charge in [-0.2, -0.15) is 0 Å². The number of carboxylic acid groups (broad SMARTS) is 1.